The predicted octanol–water partition coefficient (Wildman–Crippen LogP) is 10.5. The van der Waals surface area contributed by atoms with E-state index in [4.69, 9.17) is 0 Å². The number of nitrogens with zero attached hydrogens (tertiary/aromatic N) is 2. The molecular weight excluding hydrogens is 460 g/mol. The minimum atomic E-state index is 1.17. The molecule has 0 atom stereocenters. The molecule has 6 rings (SSSR count). The molecule has 1 aromatic heterocycles. The Kier molecular flexibility index (Phi) is 7.07. The zero-order valence-corrected chi connectivity index (χ0v) is 23.3. The SMILES string of the molecule is CC.Cc1ccc(N(c2ccc(C)c(C)c2)c2cccc3c2c2ccccc2n3-c2ccccc2)c(C)c1. The Hall–Kier alpha value is -4.30. The summed E-state index contributed by atoms with van der Waals surface area (Å²) in [6.07, 6.45) is 0. The van der Waals surface area contributed by atoms with Crippen LogP contribution in [-0.2, 0) is 0 Å². The number of anilines is 3. The van der Waals surface area contributed by atoms with Gasteiger partial charge in [-0.1, -0.05) is 80.1 Å². The van der Waals surface area contributed by atoms with E-state index in [0.717, 1.165) is 0 Å². The molecule has 0 saturated carbocycles. The largest absolute Gasteiger partial charge is 0.310 e. The van der Waals surface area contributed by atoms with Gasteiger partial charge in [0.15, 0.2) is 0 Å². The normalized spacial score (nSPS) is 10.9. The first-order valence-electron chi connectivity index (χ1n) is 13.5. The summed E-state index contributed by atoms with van der Waals surface area (Å²) >= 11 is 0. The molecule has 2 heteroatoms. The second kappa shape index (κ2) is 10.6. The van der Waals surface area contributed by atoms with Crippen LogP contribution < -0.4 is 4.90 Å². The van der Waals surface area contributed by atoms with E-state index < -0.39 is 0 Å². The summed E-state index contributed by atoms with van der Waals surface area (Å²) in [5, 5.41) is 2.51. The van der Waals surface area contributed by atoms with E-state index in [9.17, 15) is 0 Å². The van der Waals surface area contributed by atoms with E-state index >= 15 is 0 Å². The van der Waals surface area contributed by atoms with E-state index in [1.807, 2.05) is 13.8 Å². The Labute approximate surface area is 226 Å². The Bertz CT molecular complexity index is 1720. The molecule has 0 amide bonds. The van der Waals surface area contributed by atoms with Crippen LogP contribution in [0.3, 0.4) is 0 Å². The second-order valence-electron chi connectivity index (χ2n) is 9.75. The first-order valence-corrected chi connectivity index (χ1v) is 13.5. The van der Waals surface area contributed by atoms with Crippen LogP contribution in [0.15, 0.2) is 109 Å². The third-order valence-corrected chi connectivity index (χ3v) is 7.27. The summed E-state index contributed by atoms with van der Waals surface area (Å²) in [5.41, 5.74) is 12.3. The summed E-state index contributed by atoms with van der Waals surface area (Å²) in [7, 11) is 0. The first-order chi connectivity index (χ1) is 18.5. The van der Waals surface area contributed by atoms with Gasteiger partial charge >= 0.3 is 0 Å². The molecule has 190 valence electrons. The summed E-state index contributed by atoms with van der Waals surface area (Å²) in [6.45, 7) is 12.7. The molecule has 0 spiro atoms. The van der Waals surface area contributed by atoms with E-state index in [-0.39, 0.29) is 0 Å². The van der Waals surface area contributed by atoms with Crippen LogP contribution in [-0.4, -0.2) is 4.57 Å². The molecule has 5 aromatic carbocycles. The molecule has 0 aliphatic heterocycles. The molecule has 0 aliphatic rings. The van der Waals surface area contributed by atoms with E-state index in [1.165, 1.54) is 66.8 Å². The van der Waals surface area contributed by atoms with Gasteiger partial charge in [0.25, 0.3) is 0 Å². The lowest BCUT2D eigenvalue weighted by molar-refractivity contribution is 1.18. The molecular formula is C36H36N2. The molecule has 0 fully saturated rings. The fourth-order valence-corrected chi connectivity index (χ4v) is 5.37. The highest BCUT2D eigenvalue weighted by Crippen LogP contribution is 2.44. The molecule has 0 radical (unpaired) electrons. The number of benzene rings is 5. The van der Waals surface area contributed by atoms with Gasteiger partial charge in [-0.15, -0.1) is 0 Å². The Morgan fingerprint density at radius 2 is 1.24 bits per heavy atom. The van der Waals surface area contributed by atoms with Crippen molar-refractivity contribution >= 4 is 38.9 Å². The van der Waals surface area contributed by atoms with Gasteiger partial charge in [0.05, 0.1) is 16.7 Å². The predicted molar refractivity (Wildman–Crippen MR) is 166 cm³/mol. The summed E-state index contributed by atoms with van der Waals surface area (Å²) in [4.78, 5) is 2.44. The average molecular weight is 497 g/mol. The fraction of sp³-hybridized carbons (Fsp3) is 0.167. The maximum atomic E-state index is 2.44. The van der Waals surface area contributed by atoms with Crippen molar-refractivity contribution in [2.75, 3.05) is 4.90 Å². The van der Waals surface area contributed by atoms with Gasteiger partial charge in [-0.2, -0.15) is 0 Å². The zero-order chi connectivity index (χ0) is 26.8. The number of hydrogen-bond acceptors (Lipinski definition) is 1. The average Bonchev–Trinajstić information content (AvgIpc) is 3.28. The number of fused-ring (bicyclic) bond motifs is 3. The summed E-state index contributed by atoms with van der Waals surface area (Å²) < 4.78 is 2.38. The third-order valence-electron chi connectivity index (χ3n) is 7.27. The number of para-hydroxylation sites is 2. The Morgan fingerprint density at radius 1 is 0.526 bits per heavy atom. The molecule has 38 heavy (non-hydrogen) atoms. The second-order valence-corrected chi connectivity index (χ2v) is 9.75. The number of hydrogen-bond donors (Lipinski definition) is 0. The molecule has 0 bridgehead atoms. The van der Waals surface area contributed by atoms with E-state index in [2.05, 4.69) is 146 Å². The van der Waals surface area contributed by atoms with Crippen LogP contribution in [0, 0.1) is 27.7 Å². The van der Waals surface area contributed by atoms with Gasteiger partial charge in [-0.3, -0.25) is 0 Å². The Balaban J connectivity index is 0.00000144. The molecule has 2 nitrogen and oxygen atoms in total. The quantitative estimate of drug-likeness (QED) is 0.236. The minimum absolute atomic E-state index is 1.17. The lowest BCUT2D eigenvalue weighted by Crippen LogP contribution is -2.12. The van der Waals surface area contributed by atoms with Crippen LogP contribution in [0.5, 0.6) is 0 Å². The number of aryl methyl sites for hydroxylation is 4. The van der Waals surface area contributed by atoms with Crippen molar-refractivity contribution in [2.45, 2.75) is 41.5 Å². The zero-order valence-electron chi connectivity index (χ0n) is 23.3. The minimum Gasteiger partial charge on any atom is -0.310 e. The highest BCUT2D eigenvalue weighted by molar-refractivity contribution is 6.16. The first kappa shape index (κ1) is 25.4. The monoisotopic (exact) mass is 496 g/mol. The lowest BCUT2D eigenvalue weighted by Gasteiger charge is -2.28. The van der Waals surface area contributed by atoms with Crippen molar-refractivity contribution in [1.82, 2.24) is 4.57 Å². The number of rotatable bonds is 4. The summed E-state index contributed by atoms with van der Waals surface area (Å²) in [6, 6.07) is 39.6. The maximum absolute atomic E-state index is 2.44. The molecule has 0 N–H and O–H groups in total. The molecule has 1 heterocycles. The standard InChI is InChI=1S/C34H30N2.C2H6/c1-23-17-20-30(26(4)21-23)36(28-19-18-24(2)25(3)22-28)33-16-10-15-32-34(33)29-13-8-9-14-31(29)35(32)27-11-6-5-7-12-27;1-2/h5-22H,1-4H3;1-2H3. The topological polar surface area (TPSA) is 8.17 Å². The van der Waals surface area contributed by atoms with Crippen molar-refractivity contribution in [1.29, 1.82) is 0 Å². The molecule has 0 saturated heterocycles. The number of aromatic nitrogens is 1. The highest BCUT2D eigenvalue weighted by Gasteiger charge is 2.22. The van der Waals surface area contributed by atoms with Crippen LogP contribution >= 0.6 is 0 Å². The summed E-state index contributed by atoms with van der Waals surface area (Å²) in [5.74, 6) is 0. The van der Waals surface area contributed by atoms with Crippen molar-refractivity contribution in [2.24, 2.45) is 0 Å². The van der Waals surface area contributed by atoms with Crippen molar-refractivity contribution in [3.05, 3.63) is 131 Å². The molecule has 0 aliphatic carbocycles. The van der Waals surface area contributed by atoms with Crippen LogP contribution in [0.4, 0.5) is 17.1 Å². The van der Waals surface area contributed by atoms with Gasteiger partial charge < -0.3 is 9.47 Å². The maximum Gasteiger partial charge on any atom is 0.0562 e. The lowest BCUT2D eigenvalue weighted by atomic mass is 10.0. The van der Waals surface area contributed by atoms with Crippen molar-refractivity contribution in [3.8, 4) is 5.69 Å². The van der Waals surface area contributed by atoms with Crippen LogP contribution in [0.2, 0.25) is 0 Å². The van der Waals surface area contributed by atoms with Gasteiger partial charge in [0, 0.05) is 27.8 Å². The van der Waals surface area contributed by atoms with Crippen molar-refractivity contribution in [3.63, 3.8) is 0 Å². The van der Waals surface area contributed by atoms with Gasteiger partial charge in [0.2, 0.25) is 0 Å². The smallest absolute Gasteiger partial charge is 0.0562 e. The molecule has 0 unspecified atom stereocenters. The van der Waals surface area contributed by atoms with Crippen LogP contribution in [0.1, 0.15) is 36.1 Å². The Morgan fingerprint density at radius 3 is 1.97 bits per heavy atom. The van der Waals surface area contributed by atoms with E-state index in [0.29, 0.717) is 0 Å². The van der Waals surface area contributed by atoms with Crippen LogP contribution in [0.25, 0.3) is 27.5 Å². The fourth-order valence-electron chi connectivity index (χ4n) is 5.37. The molecule has 6 aromatic rings. The van der Waals surface area contributed by atoms with Gasteiger partial charge in [0.1, 0.15) is 0 Å². The van der Waals surface area contributed by atoms with Crippen molar-refractivity contribution < 1.29 is 0 Å². The van der Waals surface area contributed by atoms with Gasteiger partial charge in [-0.25, -0.2) is 0 Å². The van der Waals surface area contributed by atoms with E-state index in [1.54, 1.807) is 0 Å². The third kappa shape index (κ3) is 4.37. The highest BCUT2D eigenvalue weighted by atomic mass is 15.1. The van der Waals surface area contributed by atoms with Gasteiger partial charge in [-0.05, 0) is 92.9 Å².